The van der Waals surface area contributed by atoms with Crippen molar-refractivity contribution < 1.29 is 9.50 Å². The molecule has 0 saturated heterocycles. The number of hydrogen-bond acceptors (Lipinski definition) is 2. The molecule has 0 amide bonds. The van der Waals surface area contributed by atoms with E-state index in [0.717, 1.165) is 31.4 Å². The lowest BCUT2D eigenvalue weighted by Crippen LogP contribution is -2.33. The summed E-state index contributed by atoms with van der Waals surface area (Å²) in [5.41, 5.74) is 0.838. The molecule has 0 aliphatic heterocycles. The first-order chi connectivity index (χ1) is 8.65. The van der Waals surface area contributed by atoms with Crippen LogP contribution < -0.4 is 5.32 Å². The van der Waals surface area contributed by atoms with Crippen LogP contribution in [0.1, 0.15) is 31.2 Å². The Morgan fingerprint density at radius 1 is 1.28 bits per heavy atom. The smallest absolute Gasteiger partial charge is 0.125 e. The molecule has 1 aliphatic rings. The first-order valence-corrected chi connectivity index (χ1v) is 6.86. The van der Waals surface area contributed by atoms with E-state index in [2.05, 4.69) is 5.32 Å². The average molecular weight is 272 g/mol. The van der Waals surface area contributed by atoms with E-state index in [0.29, 0.717) is 17.5 Å². The largest absolute Gasteiger partial charge is 0.393 e. The Labute approximate surface area is 112 Å². The number of nitrogens with one attached hydrogen (secondary N) is 1. The molecule has 0 radical (unpaired) electrons. The van der Waals surface area contributed by atoms with Gasteiger partial charge in [0.25, 0.3) is 0 Å². The van der Waals surface area contributed by atoms with Crippen molar-refractivity contribution in [1.29, 1.82) is 0 Å². The molecule has 0 bridgehead atoms. The van der Waals surface area contributed by atoms with Crippen LogP contribution in [0.25, 0.3) is 0 Å². The highest BCUT2D eigenvalue weighted by Gasteiger charge is 2.22. The molecule has 2 nitrogen and oxygen atoms in total. The second kappa shape index (κ2) is 6.50. The lowest BCUT2D eigenvalue weighted by atomic mass is 9.86. The standard InChI is InChI=1S/C14H19ClFNO/c15-12-5-10(6-13(16)7-12)8-17-9-11-3-1-2-4-14(11)18/h5-7,11,14,17-18H,1-4,8-9H2. The number of aliphatic hydroxyl groups excluding tert-OH is 1. The Morgan fingerprint density at radius 3 is 2.78 bits per heavy atom. The van der Waals surface area contributed by atoms with Gasteiger partial charge >= 0.3 is 0 Å². The van der Waals surface area contributed by atoms with Crippen LogP contribution in [0.2, 0.25) is 5.02 Å². The van der Waals surface area contributed by atoms with Gasteiger partial charge in [0.2, 0.25) is 0 Å². The summed E-state index contributed by atoms with van der Waals surface area (Å²) in [6.45, 7) is 1.36. The quantitative estimate of drug-likeness (QED) is 0.882. The summed E-state index contributed by atoms with van der Waals surface area (Å²) in [5.74, 6) is 0.0137. The third-order valence-electron chi connectivity index (χ3n) is 3.53. The SMILES string of the molecule is OC1CCCCC1CNCc1cc(F)cc(Cl)c1. The van der Waals surface area contributed by atoms with E-state index in [1.54, 1.807) is 6.07 Å². The van der Waals surface area contributed by atoms with Crippen molar-refractivity contribution in [2.45, 2.75) is 38.3 Å². The normalized spacial score (nSPS) is 24.2. The maximum Gasteiger partial charge on any atom is 0.125 e. The molecule has 0 spiro atoms. The highest BCUT2D eigenvalue weighted by molar-refractivity contribution is 6.30. The highest BCUT2D eigenvalue weighted by atomic mass is 35.5. The summed E-state index contributed by atoms with van der Waals surface area (Å²) in [6, 6.07) is 4.54. The molecule has 1 aliphatic carbocycles. The molecular weight excluding hydrogens is 253 g/mol. The molecule has 0 heterocycles. The molecule has 1 aromatic carbocycles. The predicted molar refractivity (Wildman–Crippen MR) is 71.1 cm³/mol. The molecule has 2 N–H and O–H groups in total. The topological polar surface area (TPSA) is 32.3 Å². The summed E-state index contributed by atoms with van der Waals surface area (Å²) in [5, 5.41) is 13.5. The average Bonchev–Trinajstić information content (AvgIpc) is 2.30. The zero-order valence-corrected chi connectivity index (χ0v) is 11.1. The van der Waals surface area contributed by atoms with Gasteiger partial charge in [0.05, 0.1) is 6.10 Å². The monoisotopic (exact) mass is 271 g/mol. The molecule has 2 rings (SSSR count). The van der Waals surface area contributed by atoms with Gasteiger partial charge in [-0.3, -0.25) is 0 Å². The van der Waals surface area contributed by atoms with Crippen LogP contribution in [0.5, 0.6) is 0 Å². The zero-order valence-electron chi connectivity index (χ0n) is 10.3. The molecule has 0 aromatic heterocycles. The lowest BCUT2D eigenvalue weighted by Gasteiger charge is -2.27. The third-order valence-corrected chi connectivity index (χ3v) is 3.75. The first kappa shape index (κ1) is 13.8. The van der Waals surface area contributed by atoms with Crippen molar-refractivity contribution in [3.63, 3.8) is 0 Å². The summed E-state index contributed by atoms with van der Waals surface area (Å²) >= 11 is 5.79. The zero-order chi connectivity index (χ0) is 13.0. The molecule has 2 unspecified atom stereocenters. The van der Waals surface area contributed by atoms with E-state index in [-0.39, 0.29) is 11.9 Å². The van der Waals surface area contributed by atoms with E-state index in [1.165, 1.54) is 18.6 Å². The lowest BCUT2D eigenvalue weighted by molar-refractivity contribution is 0.0695. The minimum atomic E-state index is -0.308. The molecule has 100 valence electrons. The first-order valence-electron chi connectivity index (χ1n) is 6.49. The van der Waals surface area contributed by atoms with Crippen molar-refractivity contribution >= 4 is 11.6 Å². The van der Waals surface area contributed by atoms with E-state index < -0.39 is 0 Å². The van der Waals surface area contributed by atoms with E-state index >= 15 is 0 Å². The maximum atomic E-state index is 13.1. The number of aliphatic hydroxyl groups is 1. The van der Waals surface area contributed by atoms with E-state index in [1.807, 2.05) is 0 Å². The fraction of sp³-hybridized carbons (Fsp3) is 0.571. The minimum Gasteiger partial charge on any atom is -0.393 e. The Kier molecular flexibility index (Phi) is 4.98. The van der Waals surface area contributed by atoms with Gasteiger partial charge in [-0.05, 0) is 42.5 Å². The molecular formula is C14H19ClFNO. The van der Waals surface area contributed by atoms with Crippen LogP contribution >= 0.6 is 11.6 Å². The number of benzene rings is 1. The van der Waals surface area contributed by atoms with Gasteiger partial charge in [-0.1, -0.05) is 24.4 Å². The number of hydrogen-bond donors (Lipinski definition) is 2. The molecule has 2 atom stereocenters. The van der Waals surface area contributed by atoms with Crippen LogP contribution in [0.3, 0.4) is 0 Å². The van der Waals surface area contributed by atoms with Gasteiger partial charge in [-0.15, -0.1) is 0 Å². The fourth-order valence-electron chi connectivity index (χ4n) is 2.54. The summed E-state index contributed by atoms with van der Waals surface area (Å²) in [6.07, 6.45) is 4.09. The Bertz CT molecular complexity index is 379. The fourth-order valence-corrected chi connectivity index (χ4v) is 2.79. The van der Waals surface area contributed by atoms with E-state index in [9.17, 15) is 9.50 Å². The van der Waals surface area contributed by atoms with Gasteiger partial charge in [0.15, 0.2) is 0 Å². The van der Waals surface area contributed by atoms with Crippen LogP contribution in [0.4, 0.5) is 4.39 Å². The third kappa shape index (κ3) is 3.94. The molecule has 1 aromatic rings. The second-order valence-electron chi connectivity index (χ2n) is 5.02. The Balaban J connectivity index is 1.80. The van der Waals surface area contributed by atoms with Crippen molar-refractivity contribution in [3.8, 4) is 0 Å². The molecule has 1 fully saturated rings. The minimum absolute atomic E-state index is 0.192. The molecule has 18 heavy (non-hydrogen) atoms. The van der Waals surface area contributed by atoms with Gasteiger partial charge in [-0.25, -0.2) is 4.39 Å². The second-order valence-corrected chi connectivity index (χ2v) is 5.46. The summed E-state index contributed by atoms with van der Waals surface area (Å²) < 4.78 is 13.1. The maximum absolute atomic E-state index is 13.1. The van der Waals surface area contributed by atoms with Crippen LogP contribution in [-0.4, -0.2) is 17.8 Å². The summed E-state index contributed by atoms with van der Waals surface area (Å²) in [7, 11) is 0. The Morgan fingerprint density at radius 2 is 2.06 bits per heavy atom. The van der Waals surface area contributed by atoms with Crippen molar-refractivity contribution in [3.05, 3.63) is 34.6 Å². The van der Waals surface area contributed by atoms with Crippen LogP contribution in [0.15, 0.2) is 18.2 Å². The van der Waals surface area contributed by atoms with Gasteiger partial charge < -0.3 is 10.4 Å². The van der Waals surface area contributed by atoms with Gasteiger partial charge in [0.1, 0.15) is 5.82 Å². The molecule has 4 heteroatoms. The van der Waals surface area contributed by atoms with Crippen molar-refractivity contribution in [2.24, 2.45) is 5.92 Å². The van der Waals surface area contributed by atoms with Crippen molar-refractivity contribution in [1.82, 2.24) is 5.32 Å². The van der Waals surface area contributed by atoms with Crippen LogP contribution in [-0.2, 0) is 6.54 Å². The van der Waals surface area contributed by atoms with Gasteiger partial charge in [-0.2, -0.15) is 0 Å². The van der Waals surface area contributed by atoms with Gasteiger partial charge in [0, 0.05) is 18.1 Å². The number of halogens is 2. The predicted octanol–water partition coefficient (Wildman–Crippen LogP) is 3.12. The van der Waals surface area contributed by atoms with Crippen molar-refractivity contribution in [2.75, 3.05) is 6.54 Å². The van der Waals surface area contributed by atoms with Crippen LogP contribution in [0, 0.1) is 11.7 Å². The molecule has 1 saturated carbocycles. The highest BCUT2D eigenvalue weighted by Crippen LogP contribution is 2.23. The summed E-state index contributed by atoms with van der Waals surface area (Å²) in [4.78, 5) is 0. The Hall–Kier alpha value is -0.640. The number of rotatable bonds is 4. The van der Waals surface area contributed by atoms with E-state index in [4.69, 9.17) is 11.6 Å².